The van der Waals surface area contributed by atoms with Crippen molar-refractivity contribution in [1.29, 1.82) is 0 Å². The molecule has 0 radical (unpaired) electrons. The highest BCUT2D eigenvalue weighted by atomic mass is 32.2. The molecule has 10 heteroatoms. The van der Waals surface area contributed by atoms with Crippen molar-refractivity contribution >= 4 is 43.7 Å². The van der Waals surface area contributed by atoms with Crippen LogP contribution < -0.4 is 14.8 Å². The van der Waals surface area contributed by atoms with Gasteiger partial charge in [-0.2, -0.15) is 5.10 Å². The summed E-state index contributed by atoms with van der Waals surface area (Å²) in [5.41, 5.74) is 3.59. The lowest BCUT2D eigenvalue weighted by Gasteiger charge is -2.19. The Morgan fingerprint density at radius 2 is 2.00 bits per heavy atom. The normalized spacial score (nSPS) is 14.0. The molecule has 2 atom stereocenters. The van der Waals surface area contributed by atoms with Crippen molar-refractivity contribution in [3.8, 4) is 5.75 Å². The Morgan fingerprint density at radius 1 is 1.21 bits per heavy atom. The molecule has 0 aliphatic carbocycles. The van der Waals surface area contributed by atoms with Crippen LogP contribution in [0, 0.1) is 12.7 Å². The van der Waals surface area contributed by atoms with Gasteiger partial charge in [0.05, 0.1) is 16.9 Å². The SMILES string of the molecule is C=S(C)(=O)Nc1cc(C)c2c(Nc3ccc(F)cc3OC(C)c3ccnn3C)ncnc2c1. The average molecular weight is 469 g/mol. The van der Waals surface area contributed by atoms with E-state index in [9.17, 15) is 8.60 Å². The summed E-state index contributed by atoms with van der Waals surface area (Å²) in [5, 5.41) is 8.21. The van der Waals surface area contributed by atoms with Crippen LogP contribution in [0.25, 0.3) is 10.9 Å². The van der Waals surface area contributed by atoms with Gasteiger partial charge in [0.25, 0.3) is 0 Å². The summed E-state index contributed by atoms with van der Waals surface area (Å²) in [6.07, 6.45) is 4.29. The summed E-state index contributed by atoms with van der Waals surface area (Å²) >= 11 is 0. The van der Waals surface area contributed by atoms with E-state index in [2.05, 4.69) is 31.0 Å². The molecule has 0 aliphatic heterocycles. The molecule has 0 saturated carbocycles. The van der Waals surface area contributed by atoms with Gasteiger partial charge in [-0.1, -0.05) is 0 Å². The molecule has 2 aromatic heterocycles. The van der Waals surface area contributed by atoms with Gasteiger partial charge in [0.1, 0.15) is 29.8 Å². The molecule has 2 heterocycles. The van der Waals surface area contributed by atoms with Crippen molar-refractivity contribution in [1.82, 2.24) is 19.7 Å². The van der Waals surface area contributed by atoms with Crippen LogP contribution in [0.4, 0.5) is 21.6 Å². The predicted octanol–water partition coefficient (Wildman–Crippen LogP) is 4.37. The summed E-state index contributed by atoms with van der Waals surface area (Å²) < 4.78 is 36.8. The lowest BCUT2D eigenvalue weighted by Crippen LogP contribution is -2.10. The number of ether oxygens (including phenoxy) is 1. The van der Waals surface area contributed by atoms with Crippen molar-refractivity contribution in [2.75, 3.05) is 16.3 Å². The summed E-state index contributed by atoms with van der Waals surface area (Å²) in [6, 6.07) is 9.79. The van der Waals surface area contributed by atoms with Crippen molar-refractivity contribution in [2.45, 2.75) is 20.0 Å². The Kier molecular flexibility index (Phi) is 5.94. The first-order valence-corrected chi connectivity index (χ1v) is 12.3. The second-order valence-electron chi connectivity index (χ2n) is 7.92. The number of anilines is 3. The lowest BCUT2D eigenvalue weighted by atomic mass is 10.1. The number of aromatic nitrogens is 4. The molecule has 4 aromatic rings. The number of rotatable bonds is 7. The van der Waals surface area contributed by atoms with Gasteiger partial charge in [0.2, 0.25) is 0 Å². The number of halogens is 1. The molecule has 2 aromatic carbocycles. The molecule has 4 rings (SSSR count). The second kappa shape index (κ2) is 8.70. The fourth-order valence-electron chi connectivity index (χ4n) is 3.65. The number of benzene rings is 2. The van der Waals surface area contributed by atoms with Crippen LogP contribution in [0.3, 0.4) is 0 Å². The van der Waals surface area contributed by atoms with Crippen molar-refractivity contribution in [2.24, 2.45) is 7.05 Å². The highest BCUT2D eigenvalue weighted by Gasteiger charge is 2.16. The average Bonchev–Trinajstić information content (AvgIpc) is 3.14. The monoisotopic (exact) mass is 468 g/mol. The number of hydrogen-bond acceptors (Lipinski definition) is 6. The molecule has 0 amide bonds. The molecular formula is C23H25FN6O2S. The van der Waals surface area contributed by atoms with Crippen LogP contribution in [0.2, 0.25) is 0 Å². The maximum Gasteiger partial charge on any atom is 0.146 e. The van der Waals surface area contributed by atoms with E-state index >= 15 is 0 Å². The fraction of sp³-hybridized carbons (Fsp3) is 0.217. The van der Waals surface area contributed by atoms with Gasteiger partial charge < -0.3 is 14.8 Å². The highest BCUT2D eigenvalue weighted by Crippen LogP contribution is 2.35. The topological polar surface area (TPSA) is 94.0 Å². The predicted molar refractivity (Wildman–Crippen MR) is 131 cm³/mol. The zero-order valence-electron chi connectivity index (χ0n) is 18.8. The van der Waals surface area contributed by atoms with Gasteiger partial charge in [-0.15, -0.1) is 0 Å². The third kappa shape index (κ3) is 5.06. The van der Waals surface area contributed by atoms with Gasteiger partial charge in [-0.05, 0) is 55.6 Å². The molecule has 0 bridgehead atoms. The lowest BCUT2D eigenvalue weighted by molar-refractivity contribution is 0.216. The quantitative estimate of drug-likeness (QED) is 0.391. The molecule has 0 aliphatic rings. The van der Waals surface area contributed by atoms with E-state index in [0.717, 1.165) is 16.6 Å². The first kappa shape index (κ1) is 22.5. The van der Waals surface area contributed by atoms with Gasteiger partial charge in [-0.25, -0.2) is 18.6 Å². The van der Waals surface area contributed by atoms with E-state index in [1.54, 1.807) is 23.0 Å². The number of nitrogens with one attached hydrogen (secondary N) is 2. The van der Waals surface area contributed by atoms with Crippen LogP contribution in [0.5, 0.6) is 5.75 Å². The van der Waals surface area contributed by atoms with Crippen LogP contribution in [0.15, 0.2) is 48.9 Å². The van der Waals surface area contributed by atoms with E-state index in [1.165, 1.54) is 24.7 Å². The second-order valence-corrected chi connectivity index (χ2v) is 10.1. The maximum absolute atomic E-state index is 14.1. The summed E-state index contributed by atoms with van der Waals surface area (Å²) in [6.45, 7) is 3.79. The van der Waals surface area contributed by atoms with Crippen molar-refractivity contribution < 1.29 is 13.3 Å². The molecule has 2 unspecified atom stereocenters. The zero-order chi connectivity index (χ0) is 23.8. The van der Waals surface area contributed by atoms with Gasteiger partial charge in [0, 0.05) is 46.3 Å². The Morgan fingerprint density at radius 3 is 2.70 bits per heavy atom. The fourth-order valence-corrected chi connectivity index (χ4v) is 4.27. The Hall–Kier alpha value is -3.66. The Balaban J connectivity index is 1.70. The molecule has 33 heavy (non-hydrogen) atoms. The van der Waals surface area contributed by atoms with Crippen molar-refractivity contribution in [3.63, 3.8) is 0 Å². The van der Waals surface area contributed by atoms with Gasteiger partial charge in [-0.3, -0.25) is 4.68 Å². The standard InChI is InChI=1S/C23H25FN6O2S/c1-14-10-17(29-33(4,5)31)12-19-22(14)23(26-13-25-19)28-18-7-6-16(24)11-21(18)32-15(2)20-8-9-27-30(20)3/h6-13,15H,4H2,1-3,5H3,(H,29,31)(H,25,26,28). The zero-order valence-corrected chi connectivity index (χ0v) is 19.6. The number of hydrogen-bond donors (Lipinski definition) is 2. The number of fused-ring (bicyclic) bond motifs is 1. The smallest absolute Gasteiger partial charge is 0.146 e. The van der Waals surface area contributed by atoms with E-state index in [1.807, 2.05) is 33.0 Å². The molecule has 0 saturated heterocycles. The number of aryl methyl sites for hydroxylation is 2. The molecule has 0 spiro atoms. The Bertz CT molecular complexity index is 1430. The van der Waals surface area contributed by atoms with Crippen LogP contribution in [-0.4, -0.2) is 36.1 Å². The van der Waals surface area contributed by atoms with Gasteiger partial charge in [0.15, 0.2) is 0 Å². The van der Waals surface area contributed by atoms with Crippen LogP contribution in [-0.2, 0) is 16.8 Å². The summed E-state index contributed by atoms with van der Waals surface area (Å²) in [7, 11) is -0.608. The maximum atomic E-state index is 14.1. The van der Waals surface area contributed by atoms with E-state index in [0.29, 0.717) is 28.5 Å². The summed E-state index contributed by atoms with van der Waals surface area (Å²) in [5.74, 6) is 4.11. The summed E-state index contributed by atoms with van der Waals surface area (Å²) in [4.78, 5) is 8.76. The number of nitrogens with zero attached hydrogens (tertiary/aromatic N) is 4. The first-order chi connectivity index (χ1) is 15.6. The van der Waals surface area contributed by atoms with E-state index < -0.39 is 15.5 Å². The largest absolute Gasteiger partial charge is 0.482 e. The van der Waals surface area contributed by atoms with Gasteiger partial charge >= 0.3 is 0 Å². The molecule has 0 fully saturated rings. The van der Waals surface area contributed by atoms with E-state index in [4.69, 9.17) is 4.74 Å². The van der Waals surface area contributed by atoms with Crippen molar-refractivity contribution in [3.05, 3.63) is 66.0 Å². The van der Waals surface area contributed by atoms with E-state index in [-0.39, 0.29) is 6.10 Å². The van der Waals surface area contributed by atoms with Crippen LogP contribution in [0.1, 0.15) is 24.3 Å². The Labute approximate surface area is 192 Å². The molecule has 8 nitrogen and oxygen atoms in total. The highest BCUT2D eigenvalue weighted by molar-refractivity contribution is 8.00. The molecule has 2 N–H and O–H groups in total. The minimum absolute atomic E-state index is 0.342. The molecular weight excluding hydrogens is 443 g/mol. The van der Waals surface area contributed by atoms with Crippen LogP contribution >= 0.6 is 0 Å². The minimum Gasteiger partial charge on any atom is -0.482 e. The third-order valence-electron chi connectivity index (χ3n) is 5.04. The minimum atomic E-state index is -2.43. The third-order valence-corrected chi connectivity index (χ3v) is 5.71. The molecule has 172 valence electrons. The first-order valence-electron chi connectivity index (χ1n) is 10.2.